The summed E-state index contributed by atoms with van der Waals surface area (Å²) >= 11 is 0. The summed E-state index contributed by atoms with van der Waals surface area (Å²) in [4.78, 5) is 11.5. The first-order valence-electron chi connectivity index (χ1n) is 4.87. The van der Waals surface area contributed by atoms with Crippen LogP contribution >= 0.6 is 0 Å². The Labute approximate surface area is 92.8 Å². The van der Waals surface area contributed by atoms with Gasteiger partial charge in [-0.05, 0) is 19.4 Å². The SMILES string of the molecule is C=C1OC(Oc2c(C)occc2=O)C=C1C. The fourth-order valence-corrected chi connectivity index (χ4v) is 1.38. The van der Waals surface area contributed by atoms with E-state index in [9.17, 15) is 4.79 Å². The maximum Gasteiger partial charge on any atom is 0.261 e. The highest BCUT2D eigenvalue weighted by molar-refractivity contribution is 5.29. The van der Waals surface area contributed by atoms with Crippen LogP contribution in [0.2, 0.25) is 0 Å². The average Bonchev–Trinajstić information content (AvgIpc) is 2.53. The molecular weight excluding hydrogens is 208 g/mol. The second-order valence-corrected chi connectivity index (χ2v) is 3.55. The summed E-state index contributed by atoms with van der Waals surface area (Å²) in [6.07, 6.45) is 2.49. The second-order valence-electron chi connectivity index (χ2n) is 3.55. The topological polar surface area (TPSA) is 48.7 Å². The molecule has 0 radical (unpaired) electrons. The van der Waals surface area contributed by atoms with Crippen molar-refractivity contribution >= 4 is 0 Å². The van der Waals surface area contributed by atoms with Crippen LogP contribution in [0.25, 0.3) is 0 Å². The minimum Gasteiger partial charge on any atom is -0.465 e. The van der Waals surface area contributed by atoms with Crippen LogP contribution in [0.15, 0.2) is 45.5 Å². The molecule has 16 heavy (non-hydrogen) atoms. The van der Waals surface area contributed by atoms with Gasteiger partial charge >= 0.3 is 0 Å². The molecule has 4 heteroatoms. The maximum absolute atomic E-state index is 11.5. The first kappa shape index (κ1) is 10.5. The fraction of sp³-hybridized carbons (Fsp3) is 0.250. The van der Waals surface area contributed by atoms with E-state index in [4.69, 9.17) is 13.9 Å². The number of aryl methyl sites for hydroxylation is 1. The van der Waals surface area contributed by atoms with Crippen LogP contribution in [0.4, 0.5) is 0 Å². The van der Waals surface area contributed by atoms with Crippen molar-refractivity contribution in [3.05, 3.63) is 52.3 Å². The Bertz CT molecular complexity index is 510. The lowest BCUT2D eigenvalue weighted by Crippen LogP contribution is -2.18. The molecule has 0 aromatic carbocycles. The molecule has 1 aromatic rings. The predicted molar refractivity (Wildman–Crippen MR) is 58.1 cm³/mol. The Hall–Kier alpha value is -1.97. The van der Waals surface area contributed by atoms with E-state index in [1.165, 1.54) is 12.3 Å². The Morgan fingerprint density at radius 1 is 1.44 bits per heavy atom. The first-order valence-corrected chi connectivity index (χ1v) is 4.87. The van der Waals surface area contributed by atoms with Gasteiger partial charge in [-0.2, -0.15) is 0 Å². The van der Waals surface area contributed by atoms with Crippen molar-refractivity contribution in [2.45, 2.75) is 20.1 Å². The van der Waals surface area contributed by atoms with Gasteiger partial charge in [-0.25, -0.2) is 0 Å². The second kappa shape index (κ2) is 3.89. The van der Waals surface area contributed by atoms with E-state index in [-0.39, 0.29) is 11.2 Å². The quantitative estimate of drug-likeness (QED) is 0.766. The number of rotatable bonds is 2. The summed E-state index contributed by atoms with van der Waals surface area (Å²) in [6, 6.07) is 1.31. The Kier molecular flexibility index (Phi) is 2.56. The lowest BCUT2D eigenvalue weighted by molar-refractivity contribution is 0.00782. The third-order valence-corrected chi connectivity index (χ3v) is 2.33. The summed E-state index contributed by atoms with van der Waals surface area (Å²) in [7, 11) is 0. The summed E-state index contributed by atoms with van der Waals surface area (Å²) < 4.78 is 15.8. The third kappa shape index (κ3) is 1.86. The maximum atomic E-state index is 11.5. The van der Waals surface area contributed by atoms with E-state index in [2.05, 4.69) is 6.58 Å². The van der Waals surface area contributed by atoms with Crippen molar-refractivity contribution in [1.82, 2.24) is 0 Å². The van der Waals surface area contributed by atoms with Crippen LogP contribution in [-0.2, 0) is 4.74 Å². The molecule has 1 aromatic heterocycles. The van der Waals surface area contributed by atoms with E-state index in [1.54, 1.807) is 13.0 Å². The largest absolute Gasteiger partial charge is 0.465 e. The summed E-state index contributed by atoms with van der Waals surface area (Å²) in [5.41, 5.74) is 0.680. The standard InChI is InChI=1S/C12H12O4/c1-7-6-11(15-8(7)2)16-12-9(3)14-5-4-10(12)13/h4-6,11H,2H2,1,3H3. The monoisotopic (exact) mass is 220 g/mol. The molecule has 0 aliphatic carbocycles. The van der Waals surface area contributed by atoms with Gasteiger partial charge in [-0.3, -0.25) is 4.79 Å². The number of allylic oxidation sites excluding steroid dienone is 1. The molecule has 1 atom stereocenters. The van der Waals surface area contributed by atoms with Crippen LogP contribution in [0.5, 0.6) is 5.75 Å². The molecule has 1 unspecified atom stereocenters. The van der Waals surface area contributed by atoms with Crippen molar-refractivity contribution in [3.63, 3.8) is 0 Å². The van der Waals surface area contributed by atoms with Crippen molar-refractivity contribution in [2.75, 3.05) is 0 Å². The van der Waals surface area contributed by atoms with Gasteiger partial charge in [0.2, 0.25) is 11.2 Å². The molecule has 0 fully saturated rings. The predicted octanol–water partition coefficient (Wildman–Crippen LogP) is 2.14. The molecule has 84 valence electrons. The van der Waals surface area contributed by atoms with Gasteiger partial charge < -0.3 is 13.9 Å². The number of hydrogen-bond donors (Lipinski definition) is 0. The van der Waals surface area contributed by atoms with Gasteiger partial charge in [-0.1, -0.05) is 6.58 Å². The smallest absolute Gasteiger partial charge is 0.261 e. The van der Waals surface area contributed by atoms with E-state index in [1.807, 2.05) is 6.92 Å². The fourth-order valence-electron chi connectivity index (χ4n) is 1.38. The normalized spacial score (nSPS) is 19.2. The Morgan fingerprint density at radius 3 is 2.75 bits per heavy atom. The van der Waals surface area contributed by atoms with E-state index >= 15 is 0 Å². The van der Waals surface area contributed by atoms with Gasteiger partial charge in [0.05, 0.1) is 6.26 Å². The Balaban J connectivity index is 2.23. The Morgan fingerprint density at radius 2 is 2.19 bits per heavy atom. The highest BCUT2D eigenvalue weighted by atomic mass is 16.7. The minimum atomic E-state index is -0.600. The van der Waals surface area contributed by atoms with Crippen molar-refractivity contribution in [2.24, 2.45) is 0 Å². The lowest BCUT2D eigenvalue weighted by Gasteiger charge is -2.12. The number of hydrogen-bond acceptors (Lipinski definition) is 4. The van der Waals surface area contributed by atoms with Gasteiger partial charge in [-0.15, -0.1) is 0 Å². The zero-order valence-corrected chi connectivity index (χ0v) is 9.15. The van der Waals surface area contributed by atoms with Gasteiger partial charge in [0.25, 0.3) is 6.29 Å². The van der Waals surface area contributed by atoms with Crippen LogP contribution < -0.4 is 10.2 Å². The average molecular weight is 220 g/mol. The molecule has 0 amide bonds. The molecule has 1 aliphatic rings. The zero-order chi connectivity index (χ0) is 11.7. The minimum absolute atomic E-state index is 0.172. The van der Waals surface area contributed by atoms with E-state index < -0.39 is 6.29 Å². The number of ether oxygens (including phenoxy) is 2. The van der Waals surface area contributed by atoms with Crippen LogP contribution in [0, 0.1) is 6.92 Å². The summed E-state index contributed by atoms with van der Waals surface area (Å²) in [5.74, 6) is 1.16. The first-order chi connectivity index (χ1) is 7.58. The molecule has 0 N–H and O–H groups in total. The molecule has 1 aliphatic heterocycles. The molecule has 0 saturated carbocycles. The molecule has 2 rings (SSSR count). The highest BCUT2D eigenvalue weighted by Gasteiger charge is 2.21. The van der Waals surface area contributed by atoms with Crippen molar-refractivity contribution in [1.29, 1.82) is 0 Å². The van der Waals surface area contributed by atoms with E-state index in [0.717, 1.165) is 5.57 Å². The molecule has 0 saturated heterocycles. The van der Waals surface area contributed by atoms with Crippen LogP contribution in [0.3, 0.4) is 0 Å². The highest BCUT2D eigenvalue weighted by Crippen LogP contribution is 2.23. The van der Waals surface area contributed by atoms with Gasteiger partial charge in [0, 0.05) is 12.1 Å². The molecule has 0 bridgehead atoms. The third-order valence-electron chi connectivity index (χ3n) is 2.33. The molecular formula is C12H12O4. The van der Waals surface area contributed by atoms with Crippen LogP contribution in [0.1, 0.15) is 12.7 Å². The van der Waals surface area contributed by atoms with Crippen molar-refractivity contribution < 1.29 is 13.9 Å². The lowest BCUT2D eigenvalue weighted by atomic mass is 10.3. The van der Waals surface area contributed by atoms with Gasteiger partial charge in [0.15, 0.2) is 0 Å². The molecule has 0 spiro atoms. The molecule has 2 heterocycles. The van der Waals surface area contributed by atoms with Gasteiger partial charge in [0.1, 0.15) is 11.5 Å². The zero-order valence-electron chi connectivity index (χ0n) is 9.15. The van der Waals surface area contributed by atoms with E-state index in [0.29, 0.717) is 11.5 Å². The van der Waals surface area contributed by atoms with Crippen molar-refractivity contribution in [3.8, 4) is 5.75 Å². The summed E-state index contributed by atoms with van der Waals surface area (Å²) in [5, 5.41) is 0. The molecule has 4 nitrogen and oxygen atoms in total. The van der Waals surface area contributed by atoms with Crippen LogP contribution in [-0.4, -0.2) is 6.29 Å². The summed E-state index contributed by atoms with van der Waals surface area (Å²) in [6.45, 7) is 7.23.